The van der Waals surface area contributed by atoms with Gasteiger partial charge < -0.3 is 4.90 Å². The largest absolute Gasteiger partial charge is 0.310 e. The van der Waals surface area contributed by atoms with E-state index in [-0.39, 0.29) is 4.90 Å². The van der Waals surface area contributed by atoms with Gasteiger partial charge in [-0.15, -0.1) is 0 Å². The SMILES string of the molecule is [2H]c1c([2H])c([2H])c2c(c1[2H])-c1c([2H])c([2H])c([2H])c([2H])c1C21c2c([2H])c([2H])c([2H])c([2H])c2-c2c([2H])c([2H])c(N(c3c([2H])c([2H])c(-c4c([2H])c([2H])c5c([2H])c([2H])c([2H])c([2H])c5c4-c4c([2H])c([2H])c([2H])c5c4-c4c([2H])c([2H])c([2H])c([2H])c4C5(C([2H])([2H])[2H])C([2H])([2H])[2H])c([2H])c3[2H])c3c([2H])c4c([2H])c([2H])c([2H])c([2H])c4c4c([2H])c([2H])c([2H])c([2H])c34)c([2H])c21. The van der Waals surface area contributed by atoms with Crippen molar-refractivity contribution in [3.63, 3.8) is 0 Å². The van der Waals surface area contributed by atoms with Crippen LogP contribution in [0.5, 0.6) is 0 Å². The van der Waals surface area contributed by atoms with Gasteiger partial charge in [0.2, 0.25) is 0 Å². The summed E-state index contributed by atoms with van der Waals surface area (Å²) in [5.41, 5.74) is -29.2. The van der Waals surface area contributed by atoms with Crippen LogP contribution in [0.4, 0.5) is 17.1 Å². The predicted octanol–water partition coefficient (Wildman–Crippen LogP) is 18.6. The summed E-state index contributed by atoms with van der Waals surface area (Å²) in [6.07, 6.45) is 0. The standard InChI is InChI=1S/C70H47N/c1-69(2)60-29-13-12-27-58(60)68-59(28-17-33-64(68)69)67-50-21-6-3-18-44(50)36-40-51(67)45-34-37-47(38-35-45)71(66-42-46-19-4-5-20-49(46)52-22-7-8-26-57(52)66)48-39-41-56-55-25-11-16-32-63(55)70(65(56)43-48)61-30-14-9-23-53(61)54-24-10-15-31-62(54)70/h3-43H,1-2H3/i1D3,2D3,3D,4D,5D,6D,7D,8D,9D,10D,11D,12D,13D,14D,15D,16D,17D,18D,19D,20D,21D,22D,23D,24D,25D,26D,27D,28D,29D,30D,31D,32D,33D,34D,35D,36D,37D,38D,39D,40D,41D,42D,43D. The van der Waals surface area contributed by atoms with Gasteiger partial charge >= 0.3 is 0 Å². The van der Waals surface area contributed by atoms with Crippen LogP contribution < -0.4 is 4.90 Å². The van der Waals surface area contributed by atoms with Crippen LogP contribution in [0.2, 0.25) is 0 Å². The highest BCUT2D eigenvalue weighted by molar-refractivity contribution is 6.15. The minimum absolute atomic E-state index is 0.180. The van der Waals surface area contributed by atoms with Gasteiger partial charge in [-0.05, 0) is 146 Å². The zero-order valence-electron chi connectivity index (χ0n) is 82.4. The highest BCUT2D eigenvalue weighted by Gasteiger charge is 2.51. The molecule has 15 rings (SSSR count). The first-order valence-electron chi connectivity index (χ1n) is 44.7. The molecule has 0 bridgehead atoms. The van der Waals surface area contributed by atoms with Gasteiger partial charge in [-0.25, -0.2) is 0 Å². The Bertz CT molecular complexity index is 6770. The molecule has 0 aliphatic heterocycles. The van der Waals surface area contributed by atoms with Crippen molar-refractivity contribution >= 4 is 49.4 Å². The molecule has 0 unspecified atom stereocenters. The van der Waals surface area contributed by atoms with E-state index in [0.29, 0.717) is 0 Å². The Labute approximate surface area is 480 Å². The van der Waals surface area contributed by atoms with E-state index in [9.17, 15) is 42.5 Å². The molecule has 12 aromatic rings. The first kappa shape index (κ1) is 15.4. The summed E-state index contributed by atoms with van der Waals surface area (Å²) in [7, 11) is 0. The summed E-state index contributed by atoms with van der Waals surface area (Å²) >= 11 is 0. The van der Waals surface area contributed by atoms with Gasteiger partial charge in [-0.2, -0.15) is 0 Å². The van der Waals surface area contributed by atoms with Gasteiger partial charge in [-0.3, -0.25) is 0 Å². The Morgan fingerprint density at radius 2 is 0.831 bits per heavy atom. The molecule has 1 heteroatoms. The van der Waals surface area contributed by atoms with E-state index in [1.165, 1.54) is 0 Å². The predicted molar refractivity (Wildman–Crippen MR) is 298 cm³/mol. The van der Waals surface area contributed by atoms with Crippen molar-refractivity contribution in [3.8, 4) is 55.6 Å². The average Bonchev–Trinajstić information content (AvgIpc) is 1.46. The van der Waals surface area contributed by atoms with Crippen LogP contribution in [0, 0.1) is 0 Å². The lowest BCUT2D eigenvalue weighted by atomic mass is 9.70. The molecule has 1 spiro atoms. The number of nitrogens with zero attached hydrogens (tertiary/aromatic N) is 1. The van der Waals surface area contributed by atoms with Gasteiger partial charge in [0.05, 0.1) is 67.3 Å². The maximum atomic E-state index is 11.1. The normalized spacial score (nSPS) is 23.7. The molecule has 0 amide bonds. The Morgan fingerprint density at radius 1 is 0.324 bits per heavy atom. The second-order valence-corrected chi connectivity index (χ2v) is 16.3. The number of benzene rings is 12. The van der Waals surface area contributed by atoms with E-state index in [2.05, 4.69) is 0 Å². The number of hydrogen-bond acceptors (Lipinski definition) is 1. The lowest BCUT2D eigenvalue weighted by molar-refractivity contribution is 0.660. The summed E-state index contributed by atoms with van der Waals surface area (Å²) < 4.78 is 448. The maximum absolute atomic E-state index is 11.1. The second kappa shape index (κ2) is 14.9. The molecule has 3 aliphatic carbocycles. The van der Waals surface area contributed by atoms with Crippen molar-refractivity contribution in [3.05, 3.63) is 281 Å². The van der Waals surface area contributed by atoms with Crippen molar-refractivity contribution in [2.45, 2.75) is 24.5 Å². The highest BCUT2D eigenvalue weighted by atomic mass is 15.1. The van der Waals surface area contributed by atoms with E-state index in [0.717, 1.165) is 0 Å². The summed E-state index contributed by atoms with van der Waals surface area (Å²) in [6.45, 7) is -8.26. The maximum Gasteiger partial charge on any atom is 0.0726 e. The van der Waals surface area contributed by atoms with Gasteiger partial charge in [0, 0.05) is 30.4 Å². The Hall–Kier alpha value is -8.78. The molecule has 71 heavy (non-hydrogen) atoms. The smallest absolute Gasteiger partial charge is 0.0726 e. The van der Waals surface area contributed by atoms with Crippen LogP contribution in [0.25, 0.3) is 88.0 Å². The van der Waals surface area contributed by atoms with Crippen LogP contribution in [0.3, 0.4) is 0 Å². The Kier molecular flexibility index (Phi) is 3.22. The van der Waals surface area contributed by atoms with E-state index < -0.39 is 411 Å². The van der Waals surface area contributed by atoms with Crippen LogP contribution in [-0.2, 0) is 10.8 Å². The van der Waals surface area contributed by atoms with Crippen molar-refractivity contribution in [1.29, 1.82) is 0 Å². The summed E-state index contributed by atoms with van der Waals surface area (Å²) in [6, 6.07) is -53.0. The average molecular weight is 949 g/mol. The van der Waals surface area contributed by atoms with E-state index in [1.54, 1.807) is 0 Å². The topological polar surface area (TPSA) is 3.24 Å². The van der Waals surface area contributed by atoms with Crippen LogP contribution >= 0.6 is 0 Å². The monoisotopic (exact) mass is 949 g/mol. The molecule has 1 nitrogen and oxygen atoms in total. The third-order valence-corrected chi connectivity index (χ3v) is 12.8. The van der Waals surface area contributed by atoms with E-state index in [4.69, 9.17) is 21.9 Å². The lowest BCUT2D eigenvalue weighted by Gasteiger charge is -2.32. The molecule has 0 atom stereocenters. The quantitative estimate of drug-likeness (QED) is 0.155. The second-order valence-electron chi connectivity index (χ2n) is 16.3. The molecular weight excluding hydrogens is 855 g/mol. The number of hydrogen-bond donors (Lipinski definition) is 0. The summed E-state index contributed by atoms with van der Waals surface area (Å²) in [5, 5.41) is -6.19. The van der Waals surface area contributed by atoms with Gasteiger partial charge in [0.25, 0.3) is 0 Å². The summed E-state index contributed by atoms with van der Waals surface area (Å²) in [4.78, 5) is 0.180. The molecule has 3 aliphatic rings. The van der Waals surface area contributed by atoms with Gasteiger partial charge in [0.15, 0.2) is 0 Å². The molecule has 0 heterocycles. The Balaban J connectivity index is 1.22. The van der Waals surface area contributed by atoms with Crippen molar-refractivity contribution < 1.29 is 64.4 Å². The summed E-state index contributed by atoms with van der Waals surface area (Å²) in [5.74, 6) is 0. The van der Waals surface area contributed by atoms with Crippen molar-refractivity contribution in [2.75, 3.05) is 4.90 Å². The molecule has 332 valence electrons. The van der Waals surface area contributed by atoms with Gasteiger partial charge in [-0.1, -0.05) is 231 Å². The molecule has 0 N–H and O–H groups in total. The molecule has 0 radical (unpaired) electrons. The number of fused-ring (bicyclic) bond motifs is 17. The fraction of sp³-hybridized carbons (Fsp3) is 0.0571. The third-order valence-electron chi connectivity index (χ3n) is 12.8. The first-order valence-corrected chi connectivity index (χ1v) is 21.2. The minimum atomic E-state index is -4.13. The van der Waals surface area contributed by atoms with Crippen molar-refractivity contribution in [2.24, 2.45) is 0 Å². The zero-order chi connectivity index (χ0) is 87.7. The molecule has 0 aromatic heterocycles. The van der Waals surface area contributed by atoms with Crippen LogP contribution in [0.1, 0.15) is 112 Å². The molecule has 12 aromatic carbocycles. The fourth-order valence-corrected chi connectivity index (χ4v) is 9.94. The minimum Gasteiger partial charge on any atom is -0.310 e. The third kappa shape index (κ3) is 5.46. The number of rotatable bonds is 5. The molecule has 0 fully saturated rings. The zero-order valence-corrected chi connectivity index (χ0v) is 35.4. The molecule has 0 saturated carbocycles. The molecular formula is C70H47N. The van der Waals surface area contributed by atoms with Crippen molar-refractivity contribution in [1.82, 2.24) is 0 Å². The fourth-order valence-electron chi connectivity index (χ4n) is 9.94. The highest BCUT2D eigenvalue weighted by Crippen LogP contribution is 2.63. The van der Waals surface area contributed by atoms with E-state index >= 15 is 0 Å². The first-order chi connectivity index (χ1) is 54.6. The Morgan fingerprint density at radius 3 is 1.52 bits per heavy atom. The van der Waals surface area contributed by atoms with E-state index in [1.807, 2.05) is 0 Å². The number of anilines is 3. The van der Waals surface area contributed by atoms with Gasteiger partial charge in [0.1, 0.15) is 0 Å². The molecule has 0 saturated heterocycles. The van der Waals surface area contributed by atoms with Crippen LogP contribution in [-0.4, -0.2) is 0 Å². The van der Waals surface area contributed by atoms with Crippen LogP contribution in [0.15, 0.2) is 248 Å². The lowest BCUT2D eigenvalue weighted by Crippen LogP contribution is -2.26.